The highest BCUT2D eigenvalue weighted by Crippen LogP contribution is 2.19. The number of aromatic nitrogens is 3. The van der Waals surface area contributed by atoms with Crippen LogP contribution < -0.4 is 5.32 Å². The predicted octanol–water partition coefficient (Wildman–Crippen LogP) is 2.72. The minimum Gasteiger partial charge on any atom is -0.465 e. The SMILES string of the molecule is COC(=O)c1ccccc1Nc1nccc(C(=O)N(C)CCc2ccncc2)n1. The van der Waals surface area contributed by atoms with Crippen molar-refractivity contribution in [2.75, 3.05) is 26.0 Å². The Hall–Kier alpha value is -3.81. The molecule has 148 valence electrons. The number of likely N-dealkylation sites (N-methyl/N-ethyl adjacent to an activating group) is 1. The minimum absolute atomic E-state index is 0.217. The zero-order chi connectivity index (χ0) is 20.6. The smallest absolute Gasteiger partial charge is 0.339 e. The van der Waals surface area contributed by atoms with Gasteiger partial charge in [0.1, 0.15) is 5.69 Å². The van der Waals surface area contributed by atoms with Crippen molar-refractivity contribution in [1.82, 2.24) is 19.9 Å². The molecule has 0 unspecified atom stereocenters. The molecule has 0 saturated heterocycles. The van der Waals surface area contributed by atoms with Crippen molar-refractivity contribution in [3.05, 3.63) is 77.9 Å². The largest absolute Gasteiger partial charge is 0.465 e. The number of ether oxygens (including phenoxy) is 1. The third kappa shape index (κ3) is 5.13. The van der Waals surface area contributed by atoms with E-state index >= 15 is 0 Å². The van der Waals surface area contributed by atoms with Crippen LogP contribution in [0.25, 0.3) is 0 Å². The van der Waals surface area contributed by atoms with Crippen LogP contribution in [0.4, 0.5) is 11.6 Å². The maximum atomic E-state index is 12.7. The summed E-state index contributed by atoms with van der Waals surface area (Å²) in [4.78, 5) is 38.7. The highest BCUT2D eigenvalue weighted by atomic mass is 16.5. The maximum absolute atomic E-state index is 12.7. The number of nitrogens with one attached hydrogen (secondary N) is 1. The lowest BCUT2D eigenvalue weighted by Crippen LogP contribution is -2.29. The summed E-state index contributed by atoms with van der Waals surface area (Å²) in [7, 11) is 3.04. The molecule has 0 aliphatic rings. The molecule has 0 saturated carbocycles. The topological polar surface area (TPSA) is 97.3 Å². The molecule has 1 N–H and O–H groups in total. The first-order valence-electron chi connectivity index (χ1n) is 9.00. The van der Waals surface area contributed by atoms with E-state index in [0.29, 0.717) is 24.2 Å². The van der Waals surface area contributed by atoms with Crippen LogP contribution >= 0.6 is 0 Å². The van der Waals surface area contributed by atoms with Crippen molar-refractivity contribution in [2.24, 2.45) is 0 Å². The van der Waals surface area contributed by atoms with Crippen molar-refractivity contribution < 1.29 is 14.3 Å². The molecular formula is C21H21N5O3. The molecule has 0 radical (unpaired) electrons. The molecule has 8 nitrogen and oxygen atoms in total. The zero-order valence-corrected chi connectivity index (χ0v) is 16.2. The Balaban J connectivity index is 1.71. The third-order valence-corrected chi connectivity index (χ3v) is 4.29. The average Bonchev–Trinajstić information content (AvgIpc) is 2.77. The Bertz CT molecular complexity index is 994. The van der Waals surface area contributed by atoms with Crippen molar-refractivity contribution in [3.8, 4) is 0 Å². The molecule has 3 rings (SSSR count). The second-order valence-corrected chi connectivity index (χ2v) is 6.26. The van der Waals surface area contributed by atoms with Gasteiger partial charge >= 0.3 is 5.97 Å². The lowest BCUT2D eigenvalue weighted by atomic mass is 10.2. The second kappa shape index (κ2) is 9.41. The number of carbonyl (C=O) groups excluding carboxylic acids is 2. The van der Waals surface area contributed by atoms with Gasteiger partial charge in [0.25, 0.3) is 5.91 Å². The summed E-state index contributed by atoms with van der Waals surface area (Å²) >= 11 is 0. The van der Waals surface area contributed by atoms with Crippen LogP contribution in [0.3, 0.4) is 0 Å². The Morgan fingerprint density at radius 3 is 2.59 bits per heavy atom. The molecule has 0 spiro atoms. The van der Waals surface area contributed by atoms with Crippen LogP contribution in [0.15, 0.2) is 61.1 Å². The van der Waals surface area contributed by atoms with Gasteiger partial charge in [-0.2, -0.15) is 0 Å². The van der Waals surface area contributed by atoms with Gasteiger partial charge in [0, 0.05) is 32.2 Å². The molecule has 0 bridgehead atoms. The molecule has 8 heteroatoms. The maximum Gasteiger partial charge on any atom is 0.339 e. The first-order chi connectivity index (χ1) is 14.1. The Labute approximate surface area is 168 Å². The van der Waals surface area contributed by atoms with E-state index in [9.17, 15) is 9.59 Å². The normalized spacial score (nSPS) is 10.3. The standard InChI is InChI=1S/C21H21N5O3/c1-26(14-10-15-7-11-22-12-8-15)19(27)18-9-13-23-21(25-18)24-17-6-4-3-5-16(17)20(28)29-2/h3-9,11-13H,10,14H2,1-2H3,(H,23,24,25). The van der Waals surface area contributed by atoms with Crippen LogP contribution in [-0.4, -0.2) is 52.4 Å². The number of benzene rings is 1. The summed E-state index contributed by atoms with van der Waals surface area (Å²) in [6.07, 6.45) is 5.67. The van der Waals surface area contributed by atoms with Crippen molar-refractivity contribution >= 4 is 23.5 Å². The number of pyridine rings is 1. The number of carbonyl (C=O) groups is 2. The molecule has 3 aromatic rings. The number of rotatable bonds is 7. The van der Waals surface area contributed by atoms with Gasteiger partial charge in [-0.3, -0.25) is 9.78 Å². The minimum atomic E-state index is -0.476. The van der Waals surface area contributed by atoms with E-state index in [4.69, 9.17) is 4.74 Å². The number of nitrogens with zero attached hydrogens (tertiary/aromatic N) is 4. The summed E-state index contributed by atoms with van der Waals surface area (Å²) < 4.78 is 4.79. The van der Waals surface area contributed by atoms with E-state index in [1.54, 1.807) is 54.7 Å². The van der Waals surface area contributed by atoms with Crippen LogP contribution in [0, 0.1) is 0 Å². The fourth-order valence-corrected chi connectivity index (χ4v) is 2.68. The number of methoxy groups -OCH3 is 1. The molecule has 0 fully saturated rings. The number of para-hydroxylation sites is 1. The van der Waals surface area contributed by atoms with Gasteiger partial charge in [0.05, 0.1) is 18.4 Å². The van der Waals surface area contributed by atoms with Crippen LogP contribution in [0.2, 0.25) is 0 Å². The first-order valence-corrected chi connectivity index (χ1v) is 9.00. The number of amides is 1. The van der Waals surface area contributed by atoms with E-state index in [0.717, 1.165) is 5.56 Å². The van der Waals surface area contributed by atoms with Crippen molar-refractivity contribution in [2.45, 2.75) is 6.42 Å². The summed E-state index contributed by atoms with van der Waals surface area (Å²) in [6.45, 7) is 0.542. The van der Waals surface area contributed by atoms with E-state index in [2.05, 4.69) is 20.3 Å². The van der Waals surface area contributed by atoms with E-state index in [1.807, 2.05) is 12.1 Å². The van der Waals surface area contributed by atoms with Gasteiger partial charge in [-0.05, 0) is 42.3 Å². The molecule has 0 aliphatic heterocycles. The van der Waals surface area contributed by atoms with Crippen molar-refractivity contribution in [3.63, 3.8) is 0 Å². The fraction of sp³-hybridized carbons (Fsp3) is 0.190. The molecule has 29 heavy (non-hydrogen) atoms. The first kappa shape index (κ1) is 19.9. The number of hydrogen-bond donors (Lipinski definition) is 1. The molecular weight excluding hydrogens is 370 g/mol. The molecule has 0 aliphatic carbocycles. The Morgan fingerprint density at radius 2 is 1.83 bits per heavy atom. The van der Waals surface area contributed by atoms with Gasteiger partial charge in [-0.1, -0.05) is 12.1 Å². The van der Waals surface area contributed by atoms with E-state index in [-0.39, 0.29) is 17.5 Å². The van der Waals surface area contributed by atoms with E-state index in [1.165, 1.54) is 13.3 Å². The lowest BCUT2D eigenvalue weighted by Gasteiger charge is -2.17. The molecule has 2 heterocycles. The summed E-state index contributed by atoms with van der Waals surface area (Å²) in [5.74, 6) is -0.475. The monoisotopic (exact) mass is 391 g/mol. The van der Waals surface area contributed by atoms with Gasteiger partial charge in [0.2, 0.25) is 5.95 Å². The van der Waals surface area contributed by atoms with Gasteiger partial charge in [-0.25, -0.2) is 14.8 Å². The Morgan fingerprint density at radius 1 is 1.07 bits per heavy atom. The number of esters is 1. The average molecular weight is 391 g/mol. The summed E-state index contributed by atoms with van der Waals surface area (Å²) in [6, 6.07) is 12.3. The molecule has 2 aromatic heterocycles. The van der Waals surface area contributed by atoms with Gasteiger partial charge in [0.15, 0.2) is 0 Å². The second-order valence-electron chi connectivity index (χ2n) is 6.26. The quantitative estimate of drug-likeness (QED) is 0.619. The molecule has 1 aromatic carbocycles. The highest BCUT2D eigenvalue weighted by Gasteiger charge is 2.16. The number of anilines is 2. The lowest BCUT2D eigenvalue weighted by molar-refractivity contribution is 0.0601. The highest BCUT2D eigenvalue weighted by molar-refractivity contribution is 5.96. The van der Waals surface area contributed by atoms with Crippen molar-refractivity contribution in [1.29, 1.82) is 0 Å². The fourth-order valence-electron chi connectivity index (χ4n) is 2.68. The molecule has 0 atom stereocenters. The molecule has 1 amide bonds. The predicted molar refractivity (Wildman–Crippen MR) is 108 cm³/mol. The van der Waals surface area contributed by atoms with Crippen LogP contribution in [0.1, 0.15) is 26.4 Å². The zero-order valence-electron chi connectivity index (χ0n) is 16.2. The van der Waals surface area contributed by atoms with Gasteiger partial charge < -0.3 is 15.0 Å². The van der Waals surface area contributed by atoms with E-state index < -0.39 is 5.97 Å². The van der Waals surface area contributed by atoms with Crippen LogP contribution in [-0.2, 0) is 11.2 Å². The summed E-state index contributed by atoms with van der Waals surface area (Å²) in [5, 5.41) is 2.98. The van der Waals surface area contributed by atoms with Gasteiger partial charge in [-0.15, -0.1) is 0 Å². The van der Waals surface area contributed by atoms with Crippen LogP contribution in [0.5, 0.6) is 0 Å². The third-order valence-electron chi connectivity index (χ3n) is 4.29. The summed E-state index contributed by atoms with van der Waals surface area (Å²) in [5.41, 5.74) is 2.21. The number of hydrogen-bond acceptors (Lipinski definition) is 7. The Kier molecular flexibility index (Phi) is 6.47.